The molecule has 2 saturated heterocycles. The van der Waals surface area contributed by atoms with Crippen LogP contribution in [0.25, 0.3) is 0 Å². The van der Waals surface area contributed by atoms with Crippen LogP contribution < -0.4 is 5.32 Å². The van der Waals surface area contributed by atoms with Crippen LogP contribution in [0.4, 0.5) is 0 Å². The van der Waals surface area contributed by atoms with Gasteiger partial charge in [-0.1, -0.05) is 5.16 Å². The summed E-state index contributed by atoms with van der Waals surface area (Å²) in [6, 6.07) is 0.725. The largest absolute Gasteiger partial charge is 0.339 e. The summed E-state index contributed by atoms with van der Waals surface area (Å²) < 4.78 is 4.88. The van der Waals surface area contributed by atoms with E-state index >= 15 is 0 Å². The van der Waals surface area contributed by atoms with Gasteiger partial charge in [0.1, 0.15) is 0 Å². The summed E-state index contributed by atoms with van der Waals surface area (Å²) in [4.78, 5) is 18.3. The van der Waals surface area contributed by atoms with Crippen molar-refractivity contribution in [3.05, 3.63) is 11.7 Å². The normalized spacial score (nSPS) is 27.9. The van der Waals surface area contributed by atoms with Gasteiger partial charge in [0, 0.05) is 25.6 Å². The zero-order valence-corrected chi connectivity index (χ0v) is 10.6. The Morgan fingerprint density at radius 1 is 1.44 bits per heavy atom. The summed E-state index contributed by atoms with van der Waals surface area (Å²) in [5.41, 5.74) is 0. The van der Waals surface area contributed by atoms with E-state index in [1.807, 2.05) is 4.90 Å². The Bertz CT molecular complexity index is 439. The molecule has 0 spiro atoms. The molecule has 0 bridgehead atoms. The lowest BCUT2D eigenvalue weighted by Gasteiger charge is -2.28. The molecule has 98 valence electrons. The van der Waals surface area contributed by atoms with Gasteiger partial charge in [-0.05, 0) is 32.2 Å². The standard InChI is InChI=1S/C12H18N4O2/c1-8-14-11(15-18-8)12(17)16-7-3-5-10(16)9-4-2-6-13-9/h9-10,13H,2-7H2,1H3. The predicted octanol–water partition coefficient (Wildman–Crippen LogP) is 0.735. The maximum atomic E-state index is 12.3. The summed E-state index contributed by atoms with van der Waals surface area (Å²) in [6.45, 7) is 3.56. The molecule has 0 aromatic carbocycles. The third-order valence-electron chi connectivity index (χ3n) is 3.84. The average Bonchev–Trinajstić information content (AvgIpc) is 3.08. The molecule has 2 fully saturated rings. The molecule has 1 N–H and O–H groups in total. The fraction of sp³-hybridized carbons (Fsp3) is 0.750. The number of likely N-dealkylation sites (tertiary alicyclic amines) is 1. The Morgan fingerprint density at radius 2 is 2.33 bits per heavy atom. The van der Waals surface area contributed by atoms with Crippen molar-refractivity contribution in [1.29, 1.82) is 0 Å². The second kappa shape index (κ2) is 4.68. The molecule has 2 unspecified atom stereocenters. The second-order valence-corrected chi connectivity index (χ2v) is 5.05. The number of aryl methyl sites for hydroxylation is 1. The third kappa shape index (κ3) is 2.01. The molecule has 6 nitrogen and oxygen atoms in total. The minimum absolute atomic E-state index is 0.0944. The van der Waals surface area contributed by atoms with E-state index in [0.29, 0.717) is 18.0 Å². The minimum atomic E-state index is -0.0944. The molecular formula is C12H18N4O2. The quantitative estimate of drug-likeness (QED) is 0.838. The number of amides is 1. The van der Waals surface area contributed by atoms with E-state index in [4.69, 9.17) is 4.52 Å². The first kappa shape index (κ1) is 11.6. The molecule has 2 aliphatic heterocycles. The number of carbonyl (C=O) groups is 1. The van der Waals surface area contributed by atoms with Gasteiger partial charge in [0.15, 0.2) is 0 Å². The van der Waals surface area contributed by atoms with E-state index in [1.165, 1.54) is 6.42 Å². The summed E-state index contributed by atoms with van der Waals surface area (Å²) >= 11 is 0. The van der Waals surface area contributed by atoms with Crippen molar-refractivity contribution in [1.82, 2.24) is 20.4 Å². The van der Waals surface area contributed by atoms with Crippen LogP contribution in [-0.2, 0) is 0 Å². The summed E-state index contributed by atoms with van der Waals surface area (Å²) in [5, 5.41) is 7.21. The molecule has 3 heterocycles. The summed E-state index contributed by atoms with van der Waals surface area (Å²) in [6.07, 6.45) is 4.48. The van der Waals surface area contributed by atoms with Crippen LogP contribution in [0, 0.1) is 6.92 Å². The van der Waals surface area contributed by atoms with Crippen LogP contribution in [0.1, 0.15) is 42.2 Å². The van der Waals surface area contributed by atoms with Crippen molar-refractivity contribution in [3.8, 4) is 0 Å². The lowest BCUT2D eigenvalue weighted by atomic mass is 10.0. The van der Waals surface area contributed by atoms with Crippen LogP contribution in [0.15, 0.2) is 4.52 Å². The van der Waals surface area contributed by atoms with Gasteiger partial charge in [-0.25, -0.2) is 0 Å². The van der Waals surface area contributed by atoms with Crippen LogP contribution in [0.2, 0.25) is 0 Å². The topological polar surface area (TPSA) is 71.3 Å². The van der Waals surface area contributed by atoms with E-state index in [9.17, 15) is 4.79 Å². The van der Waals surface area contributed by atoms with Gasteiger partial charge in [-0.3, -0.25) is 4.79 Å². The van der Waals surface area contributed by atoms with Crippen molar-refractivity contribution in [2.75, 3.05) is 13.1 Å². The van der Waals surface area contributed by atoms with Gasteiger partial charge in [-0.15, -0.1) is 0 Å². The number of carbonyl (C=O) groups excluding carboxylic acids is 1. The molecule has 3 rings (SSSR count). The van der Waals surface area contributed by atoms with Crippen molar-refractivity contribution < 1.29 is 9.32 Å². The molecule has 2 atom stereocenters. The Kier molecular flexibility index (Phi) is 3.03. The van der Waals surface area contributed by atoms with Crippen LogP contribution in [0.5, 0.6) is 0 Å². The molecule has 0 saturated carbocycles. The van der Waals surface area contributed by atoms with Crippen LogP contribution >= 0.6 is 0 Å². The molecular weight excluding hydrogens is 232 g/mol. The van der Waals surface area contributed by atoms with Crippen molar-refractivity contribution in [2.24, 2.45) is 0 Å². The van der Waals surface area contributed by atoms with Crippen LogP contribution in [0.3, 0.4) is 0 Å². The molecule has 1 aromatic heterocycles. The second-order valence-electron chi connectivity index (χ2n) is 5.05. The molecule has 18 heavy (non-hydrogen) atoms. The third-order valence-corrected chi connectivity index (χ3v) is 3.84. The number of nitrogens with zero attached hydrogens (tertiary/aromatic N) is 3. The summed E-state index contributed by atoms with van der Waals surface area (Å²) in [7, 11) is 0. The van der Waals surface area contributed by atoms with Crippen LogP contribution in [-0.4, -0.2) is 46.1 Å². The van der Waals surface area contributed by atoms with E-state index in [0.717, 1.165) is 32.4 Å². The fourth-order valence-corrected chi connectivity index (χ4v) is 3.02. The first-order valence-corrected chi connectivity index (χ1v) is 6.60. The van der Waals surface area contributed by atoms with Crippen molar-refractivity contribution in [3.63, 3.8) is 0 Å². The first-order valence-electron chi connectivity index (χ1n) is 6.60. The lowest BCUT2D eigenvalue weighted by molar-refractivity contribution is 0.0695. The Balaban J connectivity index is 1.75. The highest BCUT2D eigenvalue weighted by Crippen LogP contribution is 2.25. The molecule has 6 heteroatoms. The number of hydrogen-bond acceptors (Lipinski definition) is 5. The van der Waals surface area contributed by atoms with E-state index in [2.05, 4.69) is 15.5 Å². The van der Waals surface area contributed by atoms with E-state index in [1.54, 1.807) is 6.92 Å². The fourth-order valence-electron chi connectivity index (χ4n) is 3.02. The number of rotatable bonds is 2. The smallest absolute Gasteiger partial charge is 0.295 e. The van der Waals surface area contributed by atoms with E-state index in [-0.39, 0.29) is 11.7 Å². The highest BCUT2D eigenvalue weighted by Gasteiger charge is 2.37. The van der Waals surface area contributed by atoms with Gasteiger partial charge >= 0.3 is 0 Å². The predicted molar refractivity (Wildman–Crippen MR) is 64.1 cm³/mol. The van der Waals surface area contributed by atoms with Gasteiger partial charge in [-0.2, -0.15) is 4.98 Å². The van der Waals surface area contributed by atoms with Gasteiger partial charge < -0.3 is 14.7 Å². The highest BCUT2D eigenvalue weighted by molar-refractivity contribution is 5.90. The maximum absolute atomic E-state index is 12.3. The first-order chi connectivity index (χ1) is 8.75. The number of aromatic nitrogens is 2. The van der Waals surface area contributed by atoms with Crippen molar-refractivity contribution in [2.45, 2.75) is 44.7 Å². The molecule has 0 aliphatic carbocycles. The molecule has 1 aromatic rings. The van der Waals surface area contributed by atoms with E-state index < -0.39 is 0 Å². The monoisotopic (exact) mass is 250 g/mol. The minimum Gasteiger partial charge on any atom is -0.339 e. The number of nitrogens with one attached hydrogen (secondary N) is 1. The Labute approximate surface area is 106 Å². The molecule has 2 aliphatic rings. The van der Waals surface area contributed by atoms with Crippen molar-refractivity contribution >= 4 is 5.91 Å². The highest BCUT2D eigenvalue weighted by atomic mass is 16.5. The SMILES string of the molecule is Cc1nc(C(=O)N2CCCC2C2CCCN2)no1. The molecule has 0 radical (unpaired) electrons. The van der Waals surface area contributed by atoms with Gasteiger partial charge in [0.05, 0.1) is 0 Å². The zero-order valence-electron chi connectivity index (χ0n) is 10.6. The number of hydrogen-bond donors (Lipinski definition) is 1. The lowest BCUT2D eigenvalue weighted by Crippen LogP contribution is -2.46. The maximum Gasteiger partial charge on any atom is 0.295 e. The average molecular weight is 250 g/mol. The molecule has 1 amide bonds. The van der Waals surface area contributed by atoms with Gasteiger partial charge in [0.25, 0.3) is 11.7 Å². The Morgan fingerprint density at radius 3 is 3.00 bits per heavy atom. The zero-order chi connectivity index (χ0) is 12.5. The summed E-state index contributed by atoms with van der Waals surface area (Å²) in [5.74, 6) is 0.536. The Hall–Kier alpha value is -1.43. The van der Waals surface area contributed by atoms with Gasteiger partial charge in [0.2, 0.25) is 5.89 Å².